The zero-order valence-electron chi connectivity index (χ0n) is 8.21. The SMILES string of the molecule is NC(=O)c1cccc(N)c1Sc1ncco1. The van der Waals surface area contributed by atoms with E-state index in [2.05, 4.69) is 4.98 Å². The zero-order valence-corrected chi connectivity index (χ0v) is 9.03. The van der Waals surface area contributed by atoms with Gasteiger partial charge in [-0.1, -0.05) is 6.07 Å². The number of hydrogen-bond acceptors (Lipinski definition) is 5. The first-order valence-corrected chi connectivity index (χ1v) is 5.26. The number of carbonyl (C=O) groups excluding carboxylic acids is 1. The van der Waals surface area contributed by atoms with Crippen molar-refractivity contribution in [1.29, 1.82) is 0 Å². The van der Waals surface area contributed by atoms with Gasteiger partial charge in [0.05, 0.1) is 16.7 Å². The van der Waals surface area contributed by atoms with Crippen molar-refractivity contribution in [2.75, 3.05) is 5.73 Å². The second kappa shape index (κ2) is 4.28. The molecule has 5 nitrogen and oxygen atoms in total. The van der Waals surface area contributed by atoms with Gasteiger partial charge >= 0.3 is 0 Å². The summed E-state index contributed by atoms with van der Waals surface area (Å²) < 4.78 is 5.07. The van der Waals surface area contributed by atoms with Crippen LogP contribution < -0.4 is 11.5 Å². The van der Waals surface area contributed by atoms with E-state index in [0.29, 0.717) is 21.4 Å². The van der Waals surface area contributed by atoms with E-state index in [-0.39, 0.29) is 0 Å². The molecular weight excluding hydrogens is 226 g/mol. The van der Waals surface area contributed by atoms with E-state index >= 15 is 0 Å². The minimum Gasteiger partial charge on any atom is -0.440 e. The predicted molar refractivity (Wildman–Crippen MR) is 60.0 cm³/mol. The Bertz CT molecular complexity index is 511. The average Bonchev–Trinajstić information content (AvgIpc) is 2.73. The number of anilines is 1. The van der Waals surface area contributed by atoms with E-state index in [0.717, 1.165) is 0 Å². The highest BCUT2D eigenvalue weighted by molar-refractivity contribution is 7.99. The number of hydrogen-bond donors (Lipinski definition) is 2. The molecule has 0 aliphatic heterocycles. The Kier molecular flexibility index (Phi) is 2.82. The van der Waals surface area contributed by atoms with Gasteiger partial charge in [0.1, 0.15) is 6.26 Å². The van der Waals surface area contributed by atoms with Crippen molar-refractivity contribution < 1.29 is 9.21 Å². The van der Waals surface area contributed by atoms with Crippen LogP contribution in [0.15, 0.2) is 45.2 Å². The molecule has 0 atom stereocenters. The van der Waals surface area contributed by atoms with Crippen LogP contribution in [-0.2, 0) is 0 Å². The fraction of sp³-hybridized carbons (Fsp3) is 0. The van der Waals surface area contributed by atoms with E-state index in [9.17, 15) is 4.79 Å². The van der Waals surface area contributed by atoms with Gasteiger partial charge in [-0.3, -0.25) is 4.79 Å². The first-order valence-electron chi connectivity index (χ1n) is 4.44. The minimum atomic E-state index is -0.527. The molecule has 0 aliphatic carbocycles. The summed E-state index contributed by atoms with van der Waals surface area (Å²) in [5, 5.41) is 0.417. The van der Waals surface area contributed by atoms with Crippen LogP contribution in [0.3, 0.4) is 0 Å². The number of nitrogens with zero attached hydrogens (tertiary/aromatic N) is 1. The molecule has 4 N–H and O–H groups in total. The molecule has 2 aromatic rings. The molecular formula is C10H9N3O2S. The summed E-state index contributed by atoms with van der Waals surface area (Å²) >= 11 is 1.17. The van der Waals surface area contributed by atoms with Gasteiger partial charge in [-0.25, -0.2) is 4.98 Å². The van der Waals surface area contributed by atoms with E-state index in [1.807, 2.05) is 0 Å². The third-order valence-corrected chi connectivity index (χ3v) is 2.95. The number of rotatable bonds is 3. The van der Waals surface area contributed by atoms with Crippen LogP contribution >= 0.6 is 11.8 Å². The molecule has 16 heavy (non-hydrogen) atoms. The molecule has 0 saturated carbocycles. The topological polar surface area (TPSA) is 95.1 Å². The monoisotopic (exact) mass is 235 g/mol. The maximum Gasteiger partial charge on any atom is 0.260 e. The molecule has 0 fully saturated rings. The van der Waals surface area contributed by atoms with Gasteiger partial charge in [-0.2, -0.15) is 0 Å². The van der Waals surface area contributed by atoms with Gasteiger partial charge < -0.3 is 15.9 Å². The third-order valence-electron chi connectivity index (χ3n) is 1.91. The highest BCUT2D eigenvalue weighted by Gasteiger charge is 2.14. The molecule has 0 bridgehead atoms. The van der Waals surface area contributed by atoms with Crippen molar-refractivity contribution in [2.45, 2.75) is 10.1 Å². The maximum atomic E-state index is 11.2. The van der Waals surface area contributed by atoms with Gasteiger partial charge in [0.2, 0.25) is 5.91 Å². The van der Waals surface area contributed by atoms with Crippen LogP contribution in [0.25, 0.3) is 0 Å². The number of nitrogen functional groups attached to an aromatic ring is 1. The molecule has 0 spiro atoms. The highest BCUT2D eigenvalue weighted by Crippen LogP contribution is 2.33. The number of primary amides is 1. The van der Waals surface area contributed by atoms with Crippen LogP contribution in [0.1, 0.15) is 10.4 Å². The van der Waals surface area contributed by atoms with Gasteiger partial charge in [-0.15, -0.1) is 0 Å². The minimum absolute atomic E-state index is 0.364. The molecule has 0 radical (unpaired) electrons. The number of aromatic nitrogens is 1. The fourth-order valence-corrected chi connectivity index (χ4v) is 2.07. The summed E-state index contributed by atoms with van der Waals surface area (Å²) in [5.41, 5.74) is 11.9. The second-order valence-electron chi connectivity index (χ2n) is 2.99. The largest absolute Gasteiger partial charge is 0.440 e. The molecule has 1 heterocycles. The Labute approximate surface area is 95.8 Å². The first-order chi connectivity index (χ1) is 7.68. The van der Waals surface area contributed by atoms with Crippen LogP contribution in [0.2, 0.25) is 0 Å². The summed E-state index contributed by atoms with van der Waals surface area (Å²) in [5.74, 6) is -0.527. The molecule has 82 valence electrons. The maximum absolute atomic E-state index is 11.2. The van der Waals surface area contributed by atoms with Crippen molar-refractivity contribution in [1.82, 2.24) is 4.98 Å². The number of amides is 1. The Morgan fingerprint density at radius 3 is 2.88 bits per heavy atom. The van der Waals surface area contributed by atoms with Crippen molar-refractivity contribution >= 4 is 23.4 Å². The van der Waals surface area contributed by atoms with Crippen LogP contribution in [0, 0.1) is 0 Å². The number of oxazole rings is 1. The molecule has 6 heteroatoms. The summed E-state index contributed by atoms with van der Waals surface area (Å²) in [6, 6.07) is 4.98. The predicted octanol–water partition coefficient (Wildman–Crippen LogP) is 1.51. The molecule has 0 saturated heterocycles. The molecule has 0 aliphatic rings. The van der Waals surface area contributed by atoms with E-state index in [1.165, 1.54) is 24.2 Å². The van der Waals surface area contributed by atoms with E-state index < -0.39 is 5.91 Å². The fourth-order valence-electron chi connectivity index (χ4n) is 1.21. The van der Waals surface area contributed by atoms with Crippen LogP contribution in [0.5, 0.6) is 0 Å². The summed E-state index contributed by atoms with van der Waals surface area (Å²) in [6.07, 6.45) is 2.97. The standard InChI is InChI=1S/C10H9N3O2S/c11-7-3-1-2-6(9(12)14)8(7)16-10-13-4-5-15-10/h1-5H,11H2,(H2,12,14). The Hall–Kier alpha value is -1.95. The van der Waals surface area contributed by atoms with Crippen molar-refractivity contribution in [2.24, 2.45) is 5.73 Å². The van der Waals surface area contributed by atoms with Gasteiger partial charge in [0, 0.05) is 5.69 Å². The first kappa shape index (κ1) is 10.6. The van der Waals surface area contributed by atoms with E-state index in [1.54, 1.807) is 18.2 Å². The molecule has 2 rings (SSSR count). The molecule has 1 aromatic heterocycles. The van der Waals surface area contributed by atoms with Crippen molar-refractivity contribution in [3.63, 3.8) is 0 Å². The summed E-state index contributed by atoms with van der Waals surface area (Å²) in [7, 11) is 0. The lowest BCUT2D eigenvalue weighted by atomic mass is 10.2. The van der Waals surface area contributed by atoms with Crippen molar-refractivity contribution in [3.05, 3.63) is 36.2 Å². The smallest absolute Gasteiger partial charge is 0.260 e. The lowest BCUT2D eigenvalue weighted by molar-refractivity contribution is 0.0997. The Morgan fingerprint density at radius 1 is 1.44 bits per heavy atom. The Balaban J connectivity index is 2.42. The lowest BCUT2D eigenvalue weighted by Crippen LogP contribution is -2.13. The molecule has 1 amide bonds. The number of nitrogens with two attached hydrogens (primary N) is 2. The van der Waals surface area contributed by atoms with E-state index in [4.69, 9.17) is 15.9 Å². The lowest BCUT2D eigenvalue weighted by Gasteiger charge is -2.06. The Morgan fingerprint density at radius 2 is 2.25 bits per heavy atom. The number of carbonyl (C=O) groups is 1. The second-order valence-corrected chi connectivity index (χ2v) is 3.95. The normalized spacial score (nSPS) is 10.2. The van der Waals surface area contributed by atoms with Crippen molar-refractivity contribution in [3.8, 4) is 0 Å². The molecule has 1 aromatic carbocycles. The van der Waals surface area contributed by atoms with Gasteiger partial charge in [0.15, 0.2) is 0 Å². The molecule has 0 unspecified atom stereocenters. The third kappa shape index (κ3) is 2.01. The zero-order chi connectivity index (χ0) is 11.5. The quantitative estimate of drug-likeness (QED) is 0.786. The highest BCUT2D eigenvalue weighted by atomic mass is 32.2. The average molecular weight is 235 g/mol. The van der Waals surface area contributed by atoms with Crippen LogP contribution in [-0.4, -0.2) is 10.9 Å². The van der Waals surface area contributed by atoms with Gasteiger partial charge in [-0.05, 0) is 23.9 Å². The summed E-state index contributed by atoms with van der Waals surface area (Å²) in [6.45, 7) is 0. The number of benzene rings is 1. The summed E-state index contributed by atoms with van der Waals surface area (Å²) in [4.78, 5) is 15.7. The van der Waals surface area contributed by atoms with Crippen LogP contribution in [0.4, 0.5) is 5.69 Å². The van der Waals surface area contributed by atoms with Gasteiger partial charge in [0.25, 0.3) is 5.22 Å².